The zero-order valence-electron chi connectivity index (χ0n) is 8.38. The second kappa shape index (κ2) is 4.51. The molecule has 0 aliphatic heterocycles. The van der Waals surface area contributed by atoms with Gasteiger partial charge in [-0.15, -0.1) is 0 Å². The molecule has 0 radical (unpaired) electrons. The summed E-state index contributed by atoms with van der Waals surface area (Å²) in [5.74, 6) is 0. The number of rotatable bonds is 3. The van der Waals surface area contributed by atoms with Crippen LogP contribution >= 0.6 is 11.8 Å². The van der Waals surface area contributed by atoms with E-state index in [1.165, 1.54) is 11.8 Å². The van der Waals surface area contributed by atoms with Crippen molar-refractivity contribution >= 4 is 11.8 Å². The van der Waals surface area contributed by atoms with E-state index in [1.54, 1.807) is 12.5 Å². The summed E-state index contributed by atoms with van der Waals surface area (Å²) < 4.78 is 5.14. The minimum Gasteiger partial charge on any atom is -0.440 e. The first-order valence-electron chi connectivity index (χ1n) is 4.68. The van der Waals surface area contributed by atoms with Gasteiger partial charge in [-0.05, 0) is 36.4 Å². The van der Waals surface area contributed by atoms with Crippen molar-refractivity contribution in [2.24, 2.45) is 5.73 Å². The van der Waals surface area contributed by atoms with Gasteiger partial charge in [0, 0.05) is 10.9 Å². The van der Waals surface area contributed by atoms with Gasteiger partial charge in [0.05, 0.1) is 6.20 Å². The lowest BCUT2D eigenvalue weighted by Crippen LogP contribution is -2.04. The van der Waals surface area contributed by atoms with Gasteiger partial charge < -0.3 is 10.2 Å². The maximum absolute atomic E-state index is 5.76. The molecule has 15 heavy (non-hydrogen) atoms. The lowest BCUT2D eigenvalue weighted by molar-refractivity contribution is 0.454. The Labute approximate surface area is 92.7 Å². The van der Waals surface area contributed by atoms with Crippen LogP contribution in [0.2, 0.25) is 0 Å². The molecule has 4 heteroatoms. The fourth-order valence-electron chi connectivity index (χ4n) is 1.20. The molecule has 2 aromatic rings. The van der Waals surface area contributed by atoms with Crippen molar-refractivity contribution in [3.05, 3.63) is 42.3 Å². The molecule has 1 heterocycles. The van der Waals surface area contributed by atoms with Crippen molar-refractivity contribution in [1.82, 2.24) is 4.98 Å². The van der Waals surface area contributed by atoms with Crippen molar-refractivity contribution in [1.29, 1.82) is 0 Å². The number of aromatic nitrogens is 1. The molecule has 0 amide bonds. The molecule has 0 spiro atoms. The summed E-state index contributed by atoms with van der Waals surface area (Å²) in [4.78, 5) is 5.14. The van der Waals surface area contributed by atoms with Crippen LogP contribution in [0.3, 0.4) is 0 Å². The Kier molecular flexibility index (Phi) is 3.08. The molecule has 0 bridgehead atoms. The fourth-order valence-corrected chi connectivity index (χ4v) is 1.89. The highest BCUT2D eigenvalue weighted by atomic mass is 32.2. The highest BCUT2D eigenvalue weighted by Gasteiger charge is 2.02. The van der Waals surface area contributed by atoms with Gasteiger partial charge in [-0.1, -0.05) is 12.1 Å². The topological polar surface area (TPSA) is 52.0 Å². The summed E-state index contributed by atoms with van der Waals surface area (Å²) >= 11 is 1.50. The number of hydrogen-bond donors (Lipinski definition) is 1. The predicted octanol–water partition coefficient (Wildman–Crippen LogP) is 2.85. The van der Waals surface area contributed by atoms with Crippen LogP contribution in [0.1, 0.15) is 18.5 Å². The van der Waals surface area contributed by atoms with Gasteiger partial charge in [-0.2, -0.15) is 0 Å². The SMILES string of the molecule is CC(N)c1ccc(Sc2ncco2)cc1. The summed E-state index contributed by atoms with van der Waals surface area (Å²) in [6.45, 7) is 1.97. The Bertz CT molecular complexity index is 409. The van der Waals surface area contributed by atoms with Gasteiger partial charge in [0.1, 0.15) is 6.26 Å². The Hall–Kier alpha value is -1.26. The third-order valence-electron chi connectivity index (χ3n) is 2.02. The van der Waals surface area contributed by atoms with Crippen LogP contribution in [-0.2, 0) is 0 Å². The van der Waals surface area contributed by atoms with Gasteiger partial charge in [0.25, 0.3) is 5.22 Å². The molecular formula is C11H12N2OS. The van der Waals surface area contributed by atoms with E-state index in [0.29, 0.717) is 5.22 Å². The first kappa shape index (κ1) is 10.3. The molecule has 1 aromatic heterocycles. The van der Waals surface area contributed by atoms with Gasteiger partial charge in [-0.25, -0.2) is 4.98 Å². The van der Waals surface area contributed by atoms with E-state index in [1.807, 2.05) is 31.2 Å². The van der Waals surface area contributed by atoms with Crippen LogP contribution in [0.25, 0.3) is 0 Å². The van der Waals surface area contributed by atoms with E-state index in [2.05, 4.69) is 4.98 Å². The molecule has 0 saturated carbocycles. The summed E-state index contributed by atoms with van der Waals surface area (Å²) in [5, 5.41) is 0.656. The van der Waals surface area contributed by atoms with E-state index < -0.39 is 0 Å². The molecule has 0 aliphatic carbocycles. The molecule has 78 valence electrons. The Morgan fingerprint density at radius 3 is 2.60 bits per heavy atom. The van der Waals surface area contributed by atoms with E-state index in [9.17, 15) is 0 Å². The van der Waals surface area contributed by atoms with Crippen molar-refractivity contribution in [3.8, 4) is 0 Å². The lowest BCUT2D eigenvalue weighted by atomic mass is 10.1. The predicted molar refractivity (Wildman–Crippen MR) is 59.7 cm³/mol. The van der Waals surface area contributed by atoms with Gasteiger partial charge in [-0.3, -0.25) is 0 Å². The van der Waals surface area contributed by atoms with Crippen molar-refractivity contribution < 1.29 is 4.42 Å². The zero-order chi connectivity index (χ0) is 10.7. The number of oxazole rings is 1. The summed E-state index contributed by atoms with van der Waals surface area (Å²) in [5.41, 5.74) is 6.89. The fraction of sp³-hybridized carbons (Fsp3) is 0.182. The monoisotopic (exact) mass is 220 g/mol. The summed E-state index contributed by atoms with van der Waals surface area (Å²) in [6.07, 6.45) is 3.21. The zero-order valence-corrected chi connectivity index (χ0v) is 9.20. The average molecular weight is 220 g/mol. The minimum absolute atomic E-state index is 0.0748. The van der Waals surface area contributed by atoms with Crippen LogP contribution in [0, 0.1) is 0 Å². The number of nitrogens with two attached hydrogens (primary N) is 1. The average Bonchev–Trinajstić information content (AvgIpc) is 2.71. The van der Waals surface area contributed by atoms with Crippen molar-refractivity contribution in [2.75, 3.05) is 0 Å². The normalized spacial score (nSPS) is 12.7. The molecule has 0 aliphatic rings. The van der Waals surface area contributed by atoms with E-state index in [-0.39, 0.29) is 6.04 Å². The number of hydrogen-bond acceptors (Lipinski definition) is 4. The first-order chi connectivity index (χ1) is 7.25. The van der Waals surface area contributed by atoms with E-state index in [0.717, 1.165) is 10.5 Å². The van der Waals surface area contributed by atoms with Gasteiger partial charge in [0.2, 0.25) is 0 Å². The van der Waals surface area contributed by atoms with Crippen LogP contribution < -0.4 is 5.73 Å². The van der Waals surface area contributed by atoms with Crippen LogP contribution in [-0.4, -0.2) is 4.98 Å². The molecule has 1 aromatic carbocycles. The van der Waals surface area contributed by atoms with E-state index >= 15 is 0 Å². The number of benzene rings is 1. The van der Waals surface area contributed by atoms with Crippen LogP contribution in [0.4, 0.5) is 0 Å². The molecule has 1 atom stereocenters. The molecule has 3 nitrogen and oxygen atoms in total. The summed E-state index contributed by atoms with van der Waals surface area (Å²) in [7, 11) is 0. The van der Waals surface area contributed by atoms with E-state index in [4.69, 9.17) is 10.2 Å². The molecule has 2 rings (SSSR count). The largest absolute Gasteiger partial charge is 0.440 e. The maximum Gasteiger partial charge on any atom is 0.260 e. The van der Waals surface area contributed by atoms with Gasteiger partial charge >= 0.3 is 0 Å². The minimum atomic E-state index is 0.0748. The second-order valence-corrected chi connectivity index (χ2v) is 4.28. The van der Waals surface area contributed by atoms with Crippen molar-refractivity contribution in [2.45, 2.75) is 23.1 Å². The molecule has 0 saturated heterocycles. The van der Waals surface area contributed by atoms with Crippen LogP contribution in [0.5, 0.6) is 0 Å². The standard InChI is InChI=1S/C11H12N2OS/c1-8(12)9-2-4-10(5-3-9)15-11-13-6-7-14-11/h2-8H,12H2,1H3. The second-order valence-electron chi connectivity index (χ2n) is 3.26. The summed E-state index contributed by atoms with van der Waals surface area (Å²) in [6, 6.07) is 8.17. The third-order valence-corrected chi connectivity index (χ3v) is 2.90. The molecular weight excluding hydrogens is 208 g/mol. The number of nitrogens with zero attached hydrogens (tertiary/aromatic N) is 1. The maximum atomic E-state index is 5.76. The first-order valence-corrected chi connectivity index (χ1v) is 5.50. The molecule has 0 fully saturated rings. The highest BCUT2D eigenvalue weighted by molar-refractivity contribution is 7.99. The molecule has 1 unspecified atom stereocenters. The highest BCUT2D eigenvalue weighted by Crippen LogP contribution is 2.26. The third kappa shape index (κ3) is 2.61. The Morgan fingerprint density at radius 2 is 2.07 bits per heavy atom. The smallest absolute Gasteiger partial charge is 0.260 e. The lowest BCUT2D eigenvalue weighted by Gasteiger charge is -2.05. The van der Waals surface area contributed by atoms with Crippen molar-refractivity contribution in [3.63, 3.8) is 0 Å². The molecule has 2 N–H and O–H groups in total. The Morgan fingerprint density at radius 1 is 1.33 bits per heavy atom. The quantitative estimate of drug-likeness (QED) is 0.864. The van der Waals surface area contributed by atoms with Gasteiger partial charge in [0.15, 0.2) is 0 Å². The van der Waals surface area contributed by atoms with Crippen LogP contribution in [0.15, 0.2) is 51.3 Å². The Balaban J connectivity index is 2.11.